The van der Waals surface area contributed by atoms with Crippen LogP contribution in [0.3, 0.4) is 0 Å². The summed E-state index contributed by atoms with van der Waals surface area (Å²) in [5, 5.41) is 0. The van der Waals surface area contributed by atoms with Crippen molar-refractivity contribution in [3.8, 4) is 0 Å². The smallest absolute Gasteiger partial charge is 0.197 e. The lowest BCUT2D eigenvalue weighted by Crippen LogP contribution is -2.57. The molecule has 3 rings (SSSR count). The van der Waals surface area contributed by atoms with Crippen LogP contribution in [-0.2, 0) is 0 Å². The summed E-state index contributed by atoms with van der Waals surface area (Å²) in [7, 11) is 0. The molecule has 3 heterocycles. The minimum atomic E-state index is -0.150. The molecule has 26 heavy (non-hydrogen) atoms. The Kier molecular flexibility index (Phi) is 4.92. The van der Waals surface area contributed by atoms with Gasteiger partial charge >= 0.3 is 0 Å². The van der Waals surface area contributed by atoms with Crippen LogP contribution in [0.15, 0.2) is 24.5 Å². The van der Waals surface area contributed by atoms with Crippen molar-refractivity contribution in [1.29, 1.82) is 0 Å². The Bertz CT molecular complexity index is 828. The molecule has 1 aliphatic heterocycles. The largest absolute Gasteiger partial charge is 0.352 e. The van der Waals surface area contributed by atoms with E-state index < -0.39 is 0 Å². The Morgan fingerprint density at radius 2 is 1.35 bits per heavy atom. The van der Waals surface area contributed by atoms with Crippen LogP contribution in [0.5, 0.6) is 0 Å². The van der Waals surface area contributed by atoms with Gasteiger partial charge in [0.15, 0.2) is 23.2 Å². The van der Waals surface area contributed by atoms with Gasteiger partial charge in [-0.25, -0.2) is 19.9 Å². The van der Waals surface area contributed by atoms with E-state index in [1.165, 1.54) is 13.8 Å². The van der Waals surface area contributed by atoms with Crippen molar-refractivity contribution in [2.75, 3.05) is 22.9 Å². The molecule has 0 bridgehead atoms. The van der Waals surface area contributed by atoms with Crippen LogP contribution in [-0.4, -0.2) is 56.7 Å². The minimum absolute atomic E-state index is 0.143. The molecule has 1 saturated heterocycles. The fraction of sp³-hybridized carbons (Fsp3) is 0.444. The summed E-state index contributed by atoms with van der Waals surface area (Å²) in [4.78, 5) is 44.3. The van der Waals surface area contributed by atoms with Crippen molar-refractivity contribution < 1.29 is 9.59 Å². The monoisotopic (exact) mass is 354 g/mol. The zero-order valence-corrected chi connectivity index (χ0v) is 15.4. The van der Waals surface area contributed by atoms with E-state index in [0.29, 0.717) is 0 Å². The van der Waals surface area contributed by atoms with E-state index in [4.69, 9.17) is 0 Å². The first-order valence-electron chi connectivity index (χ1n) is 8.58. The first kappa shape index (κ1) is 17.9. The van der Waals surface area contributed by atoms with Crippen LogP contribution in [0.4, 0.5) is 11.6 Å². The normalized spacial score (nSPS) is 20.2. The third kappa shape index (κ3) is 3.54. The molecule has 0 aromatic carbocycles. The highest BCUT2D eigenvalue weighted by Crippen LogP contribution is 2.25. The van der Waals surface area contributed by atoms with Gasteiger partial charge in [0.05, 0.1) is 0 Å². The standard InChI is InChI=1S/C18H22N6O2/c1-11-9-23(15-5-7-19-17(21-15)13(3)25)10-12(2)24(11)16-6-8-20-18(22-16)14(4)26/h5-8,11-12H,9-10H2,1-4H3. The van der Waals surface area contributed by atoms with Gasteiger partial charge in [0.25, 0.3) is 0 Å². The second-order valence-electron chi connectivity index (χ2n) is 6.60. The third-order valence-electron chi connectivity index (χ3n) is 4.42. The van der Waals surface area contributed by atoms with Crippen LogP contribution in [0.1, 0.15) is 48.9 Å². The Hall–Kier alpha value is -2.90. The van der Waals surface area contributed by atoms with Crippen LogP contribution in [0, 0.1) is 0 Å². The van der Waals surface area contributed by atoms with Gasteiger partial charge in [-0.3, -0.25) is 9.59 Å². The summed E-state index contributed by atoms with van der Waals surface area (Å²) in [5.74, 6) is 1.65. The number of ketones is 2. The number of rotatable bonds is 4. The quantitative estimate of drug-likeness (QED) is 0.767. The van der Waals surface area contributed by atoms with Gasteiger partial charge in [-0.2, -0.15) is 0 Å². The lowest BCUT2D eigenvalue weighted by atomic mass is 10.1. The number of anilines is 2. The molecule has 0 N–H and O–H groups in total. The number of nitrogens with zero attached hydrogens (tertiary/aromatic N) is 6. The minimum Gasteiger partial charge on any atom is -0.352 e. The van der Waals surface area contributed by atoms with Crippen LogP contribution >= 0.6 is 0 Å². The fourth-order valence-corrected chi connectivity index (χ4v) is 3.32. The summed E-state index contributed by atoms with van der Waals surface area (Å²) in [6.07, 6.45) is 3.23. The number of hydrogen-bond acceptors (Lipinski definition) is 8. The van der Waals surface area contributed by atoms with Gasteiger partial charge < -0.3 is 9.80 Å². The molecule has 2 atom stereocenters. The molecular formula is C18H22N6O2. The van der Waals surface area contributed by atoms with Crippen molar-refractivity contribution in [3.63, 3.8) is 0 Å². The van der Waals surface area contributed by atoms with Crippen molar-refractivity contribution in [2.45, 2.75) is 39.8 Å². The average Bonchev–Trinajstić information content (AvgIpc) is 2.61. The molecule has 2 unspecified atom stereocenters. The molecule has 1 aliphatic rings. The maximum absolute atomic E-state index is 11.6. The Morgan fingerprint density at radius 3 is 1.85 bits per heavy atom. The number of carbonyl (C=O) groups is 2. The second kappa shape index (κ2) is 7.15. The number of piperazine rings is 1. The summed E-state index contributed by atoms with van der Waals surface area (Å²) in [6, 6.07) is 3.93. The molecule has 8 nitrogen and oxygen atoms in total. The number of hydrogen-bond donors (Lipinski definition) is 0. The van der Waals surface area contributed by atoms with Gasteiger partial charge in [-0.05, 0) is 26.0 Å². The van der Waals surface area contributed by atoms with Gasteiger partial charge in [0.2, 0.25) is 0 Å². The number of carbonyl (C=O) groups excluding carboxylic acids is 2. The molecule has 136 valence electrons. The fourth-order valence-electron chi connectivity index (χ4n) is 3.32. The van der Waals surface area contributed by atoms with Gasteiger partial charge in [0, 0.05) is 51.4 Å². The molecule has 0 radical (unpaired) electrons. The highest BCUT2D eigenvalue weighted by molar-refractivity contribution is 5.90. The highest BCUT2D eigenvalue weighted by Gasteiger charge is 2.31. The maximum Gasteiger partial charge on any atom is 0.197 e. The molecular weight excluding hydrogens is 332 g/mol. The lowest BCUT2D eigenvalue weighted by molar-refractivity contribution is 0.0995. The Labute approximate surface area is 152 Å². The molecule has 0 saturated carbocycles. The molecule has 0 amide bonds. The molecule has 0 aliphatic carbocycles. The highest BCUT2D eigenvalue weighted by atomic mass is 16.1. The van der Waals surface area contributed by atoms with Crippen LogP contribution in [0.2, 0.25) is 0 Å². The summed E-state index contributed by atoms with van der Waals surface area (Å²) in [5.41, 5.74) is 0. The van der Waals surface area contributed by atoms with Crippen LogP contribution < -0.4 is 9.80 Å². The molecule has 2 aromatic heterocycles. The maximum atomic E-state index is 11.6. The van der Waals surface area contributed by atoms with Gasteiger partial charge in [0.1, 0.15) is 11.6 Å². The molecule has 8 heteroatoms. The second-order valence-corrected chi connectivity index (χ2v) is 6.60. The number of Topliss-reactive ketones (excluding diaryl/α,β-unsaturated/α-hetero) is 2. The first-order valence-corrected chi connectivity index (χ1v) is 8.58. The van der Waals surface area contributed by atoms with E-state index in [1.807, 2.05) is 12.1 Å². The SMILES string of the molecule is CC(=O)c1nccc(N2CC(C)N(c3ccnc(C(C)=O)n3)C(C)C2)n1. The summed E-state index contributed by atoms with van der Waals surface area (Å²) < 4.78 is 0. The summed E-state index contributed by atoms with van der Waals surface area (Å²) in [6.45, 7) is 8.57. The third-order valence-corrected chi connectivity index (χ3v) is 4.42. The van der Waals surface area contributed by atoms with Gasteiger partial charge in [-0.1, -0.05) is 0 Å². The van der Waals surface area contributed by atoms with Crippen molar-refractivity contribution in [1.82, 2.24) is 19.9 Å². The topological polar surface area (TPSA) is 92.2 Å². The predicted molar refractivity (Wildman–Crippen MR) is 97.7 cm³/mol. The van der Waals surface area contributed by atoms with E-state index in [-0.39, 0.29) is 35.3 Å². The summed E-state index contributed by atoms with van der Waals surface area (Å²) >= 11 is 0. The zero-order chi connectivity index (χ0) is 18.8. The van der Waals surface area contributed by atoms with E-state index in [0.717, 1.165) is 24.7 Å². The molecule has 1 fully saturated rings. The predicted octanol–water partition coefficient (Wildman–Crippen LogP) is 1.78. The number of aromatic nitrogens is 4. The Morgan fingerprint density at radius 1 is 0.885 bits per heavy atom. The van der Waals surface area contributed by atoms with Crippen molar-refractivity contribution >= 4 is 23.2 Å². The Balaban J connectivity index is 1.84. The van der Waals surface area contributed by atoms with E-state index >= 15 is 0 Å². The van der Waals surface area contributed by atoms with E-state index in [9.17, 15) is 9.59 Å². The van der Waals surface area contributed by atoms with Crippen molar-refractivity contribution in [2.24, 2.45) is 0 Å². The first-order chi connectivity index (χ1) is 12.4. The van der Waals surface area contributed by atoms with Gasteiger partial charge in [-0.15, -0.1) is 0 Å². The zero-order valence-electron chi connectivity index (χ0n) is 15.4. The van der Waals surface area contributed by atoms with Crippen molar-refractivity contribution in [3.05, 3.63) is 36.2 Å². The van der Waals surface area contributed by atoms with E-state index in [2.05, 4.69) is 43.6 Å². The lowest BCUT2D eigenvalue weighted by Gasteiger charge is -2.45. The molecule has 0 spiro atoms. The molecule has 2 aromatic rings. The van der Waals surface area contributed by atoms with Crippen LogP contribution in [0.25, 0.3) is 0 Å². The average molecular weight is 354 g/mol. The van der Waals surface area contributed by atoms with E-state index in [1.54, 1.807) is 12.4 Å².